The van der Waals surface area contributed by atoms with Gasteiger partial charge in [-0.15, -0.1) is 0 Å². The topological polar surface area (TPSA) is 123 Å². The molecule has 2 saturated heterocycles. The molecule has 214 valence electrons. The van der Waals surface area contributed by atoms with Crippen molar-refractivity contribution in [1.82, 2.24) is 24.4 Å². The first kappa shape index (κ1) is 28.0. The molecule has 0 saturated carbocycles. The SMILES string of the molecule is C[C@@H]1CN(c2ncc(Cl)c(Nc3ccc4c(c3)n(CCC(=O)NC3COC3)c(=O)c(=O)n4C)n2)C[C@H](C)C1(F)F. The molecule has 0 unspecified atom stereocenters. The molecule has 0 radical (unpaired) electrons. The monoisotopic (exact) mass is 577 g/mol. The molecule has 2 aliphatic rings. The van der Waals surface area contributed by atoms with Gasteiger partial charge in [0.05, 0.1) is 36.5 Å². The third-order valence-electron chi connectivity index (χ3n) is 7.51. The van der Waals surface area contributed by atoms with Gasteiger partial charge in [0.25, 0.3) is 5.92 Å². The van der Waals surface area contributed by atoms with Crippen LogP contribution in [0.2, 0.25) is 5.02 Å². The highest BCUT2D eigenvalue weighted by molar-refractivity contribution is 6.32. The summed E-state index contributed by atoms with van der Waals surface area (Å²) in [5, 5.41) is 6.15. The first-order valence-corrected chi connectivity index (χ1v) is 13.4. The lowest BCUT2D eigenvalue weighted by Crippen LogP contribution is -2.52. The molecule has 2 aliphatic heterocycles. The van der Waals surface area contributed by atoms with Crippen molar-refractivity contribution in [3.05, 3.63) is 50.1 Å². The Balaban J connectivity index is 1.43. The number of alkyl halides is 2. The van der Waals surface area contributed by atoms with Crippen molar-refractivity contribution >= 4 is 46.0 Å². The molecule has 0 bridgehead atoms. The maximum atomic E-state index is 14.4. The number of hydrogen-bond donors (Lipinski definition) is 2. The van der Waals surface area contributed by atoms with Crippen LogP contribution in [0.5, 0.6) is 0 Å². The fourth-order valence-corrected chi connectivity index (χ4v) is 5.13. The molecule has 2 fully saturated rings. The van der Waals surface area contributed by atoms with E-state index in [1.807, 2.05) is 0 Å². The van der Waals surface area contributed by atoms with Crippen molar-refractivity contribution in [2.45, 2.75) is 38.8 Å². The van der Waals surface area contributed by atoms with Crippen LogP contribution in [0.3, 0.4) is 0 Å². The van der Waals surface area contributed by atoms with E-state index in [1.54, 1.807) is 23.1 Å². The molecule has 3 aromatic rings. The molecular formula is C26H30ClF2N7O4. The number of anilines is 3. The lowest BCUT2D eigenvalue weighted by atomic mass is 9.87. The lowest BCUT2D eigenvalue weighted by Gasteiger charge is -2.41. The minimum Gasteiger partial charge on any atom is -0.377 e. The molecule has 11 nitrogen and oxygen atoms in total. The largest absolute Gasteiger partial charge is 0.377 e. The fourth-order valence-electron chi connectivity index (χ4n) is 5.00. The van der Waals surface area contributed by atoms with Crippen LogP contribution in [0, 0.1) is 11.8 Å². The minimum atomic E-state index is -2.78. The van der Waals surface area contributed by atoms with Crippen LogP contribution in [0.4, 0.5) is 26.2 Å². The Morgan fingerprint density at radius 1 is 1.15 bits per heavy atom. The first-order chi connectivity index (χ1) is 19.0. The molecule has 0 aliphatic carbocycles. The van der Waals surface area contributed by atoms with E-state index in [-0.39, 0.29) is 54.8 Å². The normalized spacial score (nSPS) is 20.8. The number of ether oxygens (including phenoxy) is 1. The van der Waals surface area contributed by atoms with E-state index >= 15 is 0 Å². The maximum absolute atomic E-state index is 14.4. The van der Waals surface area contributed by atoms with Crippen LogP contribution in [0.25, 0.3) is 11.0 Å². The standard InChI is InChI=1S/C26H30ClF2N7O4/c1-14-10-35(11-15(2)26(14,28)29)25-30-9-18(27)22(33-25)32-16-4-5-19-20(8-16)36(24(39)23(38)34(19)3)7-6-21(37)31-17-12-40-13-17/h4-5,8-9,14-15,17H,6-7,10-13H2,1-3H3,(H,31,37)(H,30,32,33)/t14-,15+. The summed E-state index contributed by atoms with van der Waals surface area (Å²) in [6, 6.07) is 4.99. The van der Waals surface area contributed by atoms with E-state index in [9.17, 15) is 23.2 Å². The molecule has 14 heteroatoms. The van der Waals surface area contributed by atoms with Gasteiger partial charge in [0.2, 0.25) is 11.9 Å². The highest BCUT2D eigenvalue weighted by Crippen LogP contribution is 2.39. The van der Waals surface area contributed by atoms with Crippen molar-refractivity contribution in [2.24, 2.45) is 18.9 Å². The third kappa shape index (κ3) is 5.27. The number of carbonyl (C=O) groups excluding carboxylic acids is 1. The quantitative estimate of drug-likeness (QED) is 0.411. The molecule has 2 aromatic heterocycles. The number of aromatic nitrogens is 4. The number of rotatable bonds is 7. The molecule has 1 aromatic carbocycles. The van der Waals surface area contributed by atoms with Crippen LogP contribution in [-0.2, 0) is 23.1 Å². The summed E-state index contributed by atoms with van der Waals surface area (Å²) < 4.78 is 36.3. The van der Waals surface area contributed by atoms with E-state index in [0.717, 1.165) is 0 Å². The van der Waals surface area contributed by atoms with Crippen molar-refractivity contribution in [1.29, 1.82) is 0 Å². The summed E-state index contributed by atoms with van der Waals surface area (Å²) >= 11 is 6.37. The van der Waals surface area contributed by atoms with Gasteiger partial charge in [-0.3, -0.25) is 14.4 Å². The Labute approximate surface area is 233 Å². The summed E-state index contributed by atoms with van der Waals surface area (Å²) in [6.07, 6.45) is 1.41. The second-order valence-electron chi connectivity index (χ2n) is 10.4. The second kappa shape index (κ2) is 10.8. The highest BCUT2D eigenvalue weighted by Gasteiger charge is 2.47. The van der Waals surface area contributed by atoms with Gasteiger partial charge < -0.3 is 29.4 Å². The number of fused-ring (bicyclic) bond motifs is 1. The van der Waals surface area contributed by atoms with E-state index in [2.05, 4.69) is 20.6 Å². The Hall–Kier alpha value is -3.58. The van der Waals surface area contributed by atoms with E-state index in [0.29, 0.717) is 29.9 Å². The molecule has 0 spiro atoms. The van der Waals surface area contributed by atoms with Crippen molar-refractivity contribution in [3.8, 4) is 0 Å². The van der Waals surface area contributed by atoms with Crippen LogP contribution >= 0.6 is 11.6 Å². The molecule has 2 atom stereocenters. The zero-order valence-corrected chi connectivity index (χ0v) is 23.0. The van der Waals surface area contributed by atoms with Crippen LogP contribution < -0.4 is 26.7 Å². The predicted molar refractivity (Wildman–Crippen MR) is 147 cm³/mol. The number of halogens is 3. The van der Waals surface area contributed by atoms with Crippen LogP contribution in [0.15, 0.2) is 34.0 Å². The predicted octanol–water partition coefficient (Wildman–Crippen LogP) is 2.52. The summed E-state index contributed by atoms with van der Waals surface area (Å²) in [5.41, 5.74) is -0.0221. The number of aryl methyl sites for hydroxylation is 2. The average Bonchev–Trinajstić information content (AvgIpc) is 2.89. The highest BCUT2D eigenvalue weighted by atomic mass is 35.5. The Kier molecular flexibility index (Phi) is 7.53. The minimum absolute atomic E-state index is 0.00263. The summed E-state index contributed by atoms with van der Waals surface area (Å²) in [4.78, 5) is 48.3. The van der Waals surface area contributed by atoms with Gasteiger partial charge in [0, 0.05) is 50.6 Å². The molecule has 4 heterocycles. The Bertz CT molecular complexity index is 1560. The molecular weight excluding hydrogens is 548 g/mol. The van der Waals surface area contributed by atoms with Crippen molar-refractivity contribution in [3.63, 3.8) is 0 Å². The van der Waals surface area contributed by atoms with Gasteiger partial charge in [-0.2, -0.15) is 4.98 Å². The number of nitrogens with one attached hydrogen (secondary N) is 2. The first-order valence-electron chi connectivity index (χ1n) is 13.0. The van der Waals surface area contributed by atoms with E-state index < -0.39 is 28.9 Å². The van der Waals surface area contributed by atoms with E-state index in [1.165, 1.54) is 36.2 Å². The van der Waals surface area contributed by atoms with Crippen molar-refractivity contribution < 1.29 is 18.3 Å². The van der Waals surface area contributed by atoms with Crippen LogP contribution in [0.1, 0.15) is 20.3 Å². The van der Waals surface area contributed by atoms with E-state index in [4.69, 9.17) is 16.3 Å². The average molecular weight is 578 g/mol. The fraction of sp³-hybridized carbons (Fsp3) is 0.500. The van der Waals surface area contributed by atoms with Gasteiger partial charge in [0.1, 0.15) is 5.02 Å². The molecule has 1 amide bonds. The maximum Gasteiger partial charge on any atom is 0.316 e. The van der Waals surface area contributed by atoms with Gasteiger partial charge >= 0.3 is 11.1 Å². The molecule has 2 N–H and O–H groups in total. The van der Waals surface area contributed by atoms with Crippen molar-refractivity contribution in [2.75, 3.05) is 36.5 Å². The zero-order valence-electron chi connectivity index (χ0n) is 22.3. The lowest BCUT2D eigenvalue weighted by molar-refractivity contribution is -0.125. The molecule has 40 heavy (non-hydrogen) atoms. The number of piperidine rings is 1. The van der Waals surface area contributed by atoms with Gasteiger partial charge in [-0.25, -0.2) is 13.8 Å². The second-order valence-corrected chi connectivity index (χ2v) is 10.9. The molecule has 5 rings (SSSR count). The number of amides is 1. The zero-order chi connectivity index (χ0) is 28.8. The Morgan fingerprint density at radius 2 is 1.85 bits per heavy atom. The summed E-state index contributed by atoms with van der Waals surface area (Å²) in [7, 11) is 1.50. The summed E-state index contributed by atoms with van der Waals surface area (Å²) in [6.45, 7) is 4.10. The van der Waals surface area contributed by atoms with Gasteiger partial charge in [-0.1, -0.05) is 25.4 Å². The van der Waals surface area contributed by atoms with Gasteiger partial charge in [-0.05, 0) is 18.2 Å². The summed E-state index contributed by atoms with van der Waals surface area (Å²) in [5.74, 6) is -4.26. The number of hydrogen-bond acceptors (Lipinski definition) is 8. The number of benzene rings is 1. The smallest absolute Gasteiger partial charge is 0.316 e. The third-order valence-corrected chi connectivity index (χ3v) is 7.78. The number of carbonyl (C=O) groups is 1. The Morgan fingerprint density at radius 3 is 2.50 bits per heavy atom. The van der Waals surface area contributed by atoms with Gasteiger partial charge in [0.15, 0.2) is 5.82 Å². The van der Waals surface area contributed by atoms with Crippen LogP contribution in [-0.4, -0.2) is 63.3 Å². The number of nitrogens with zero attached hydrogens (tertiary/aromatic N) is 5.